The Morgan fingerprint density at radius 3 is 3.21 bits per heavy atom. The summed E-state index contributed by atoms with van der Waals surface area (Å²) in [5.41, 5.74) is 6.66. The van der Waals surface area contributed by atoms with Crippen LogP contribution in [-0.4, -0.2) is 15.6 Å². The molecule has 0 aliphatic heterocycles. The average Bonchev–Trinajstić information content (AvgIpc) is 2.43. The van der Waals surface area contributed by atoms with Crippen molar-refractivity contribution in [3.63, 3.8) is 0 Å². The summed E-state index contributed by atoms with van der Waals surface area (Å²) >= 11 is 0. The second-order valence-electron chi connectivity index (χ2n) is 3.28. The fourth-order valence-corrected chi connectivity index (χ4v) is 1.35. The van der Waals surface area contributed by atoms with Gasteiger partial charge in [-0.1, -0.05) is 0 Å². The van der Waals surface area contributed by atoms with Crippen molar-refractivity contribution < 1.29 is 4.42 Å². The van der Waals surface area contributed by atoms with Gasteiger partial charge in [-0.2, -0.15) is 0 Å². The largest absolute Gasteiger partial charge is 0.421 e. The minimum absolute atomic E-state index is 0.101. The molecule has 2 N–H and O–H groups in total. The first-order valence-corrected chi connectivity index (χ1v) is 4.38. The number of rotatable bonds is 2. The number of oxazole rings is 1. The molecule has 74 valence electrons. The molecule has 0 bridgehead atoms. The van der Waals surface area contributed by atoms with E-state index >= 15 is 0 Å². The highest BCUT2D eigenvalue weighted by Crippen LogP contribution is 2.08. The summed E-state index contributed by atoms with van der Waals surface area (Å²) in [6, 6.07) is 3.33. The van der Waals surface area contributed by atoms with Crippen molar-refractivity contribution in [2.75, 3.05) is 0 Å². The maximum atomic E-state index is 11.4. The number of pyridine rings is 1. The number of aromatic nitrogens is 2. The van der Waals surface area contributed by atoms with Gasteiger partial charge in [0.1, 0.15) is 0 Å². The summed E-state index contributed by atoms with van der Waals surface area (Å²) in [6.07, 6.45) is 1.62. The topological polar surface area (TPSA) is 74.0 Å². The second kappa shape index (κ2) is 3.26. The Bertz CT molecular complexity index is 498. The maximum Gasteiger partial charge on any atom is 0.421 e. The van der Waals surface area contributed by atoms with Crippen LogP contribution in [0.1, 0.15) is 6.92 Å². The van der Waals surface area contributed by atoms with Crippen LogP contribution in [0.15, 0.2) is 27.5 Å². The lowest BCUT2D eigenvalue weighted by molar-refractivity contribution is 0.484. The molecule has 0 amide bonds. The lowest BCUT2D eigenvalue weighted by Crippen LogP contribution is -2.27. The van der Waals surface area contributed by atoms with Crippen LogP contribution in [-0.2, 0) is 6.54 Å². The highest BCUT2D eigenvalue weighted by atomic mass is 16.4. The summed E-state index contributed by atoms with van der Waals surface area (Å²) in [6.45, 7) is 2.25. The van der Waals surface area contributed by atoms with Crippen molar-refractivity contribution in [3.05, 3.63) is 28.9 Å². The monoisotopic (exact) mass is 193 g/mol. The predicted molar refractivity (Wildman–Crippen MR) is 51.9 cm³/mol. The maximum absolute atomic E-state index is 11.4. The van der Waals surface area contributed by atoms with Gasteiger partial charge < -0.3 is 10.2 Å². The zero-order valence-corrected chi connectivity index (χ0v) is 7.80. The van der Waals surface area contributed by atoms with Gasteiger partial charge in [0.15, 0.2) is 11.2 Å². The van der Waals surface area contributed by atoms with Gasteiger partial charge in [-0.15, -0.1) is 0 Å². The van der Waals surface area contributed by atoms with Gasteiger partial charge in [0.25, 0.3) is 0 Å². The molecule has 0 saturated carbocycles. The Morgan fingerprint density at radius 1 is 1.71 bits per heavy atom. The van der Waals surface area contributed by atoms with Gasteiger partial charge in [-0.05, 0) is 19.1 Å². The van der Waals surface area contributed by atoms with Crippen LogP contribution in [0.25, 0.3) is 11.2 Å². The molecule has 0 aromatic carbocycles. The molecule has 0 radical (unpaired) electrons. The van der Waals surface area contributed by atoms with Crippen LogP contribution >= 0.6 is 0 Å². The Morgan fingerprint density at radius 2 is 2.50 bits per heavy atom. The number of fused-ring (bicyclic) bond motifs is 1. The molecule has 0 spiro atoms. The van der Waals surface area contributed by atoms with Crippen LogP contribution in [0.3, 0.4) is 0 Å². The molecule has 2 heterocycles. The predicted octanol–water partition coefficient (Wildman–Crippen LogP) is 0.337. The van der Waals surface area contributed by atoms with E-state index in [1.54, 1.807) is 18.3 Å². The van der Waals surface area contributed by atoms with Crippen LogP contribution < -0.4 is 11.5 Å². The highest BCUT2D eigenvalue weighted by molar-refractivity contribution is 5.67. The normalized spacial score (nSPS) is 13.3. The van der Waals surface area contributed by atoms with E-state index in [-0.39, 0.29) is 6.04 Å². The number of nitrogens with two attached hydrogens (primary N) is 1. The zero-order chi connectivity index (χ0) is 10.1. The molecule has 2 aromatic rings. The zero-order valence-electron chi connectivity index (χ0n) is 7.80. The molecule has 2 aromatic heterocycles. The van der Waals surface area contributed by atoms with Crippen molar-refractivity contribution in [3.8, 4) is 0 Å². The molecule has 1 unspecified atom stereocenters. The third-order valence-corrected chi connectivity index (χ3v) is 1.89. The fraction of sp³-hybridized carbons (Fsp3) is 0.333. The summed E-state index contributed by atoms with van der Waals surface area (Å²) in [7, 11) is 0. The summed E-state index contributed by atoms with van der Waals surface area (Å²) in [5, 5.41) is 0. The number of nitrogens with zero attached hydrogens (tertiary/aromatic N) is 2. The molecule has 0 fully saturated rings. The molecule has 5 heteroatoms. The van der Waals surface area contributed by atoms with Crippen LogP contribution in [0.4, 0.5) is 0 Å². The van der Waals surface area contributed by atoms with E-state index in [0.29, 0.717) is 17.8 Å². The Kier molecular flexibility index (Phi) is 2.09. The van der Waals surface area contributed by atoms with Crippen molar-refractivity contribution in [2.45, 2.75) is 19.5 Å². The van der Waals surface area contributed by atoms with Gasteiger partial charge >= 0.3 is 5.76 Å². The highest BCUT2D eigenvalue weighted by Gasteiger charge is 2.10. The molecule has 0 aliphatic rings. The van der Waals surface area contributed by atoms with Crippen molar-refractivity contribution in [2.24, 2.45) is 5.73 Å². The van der Waals surface area contributed by atoms with Crippen molar-refractivity contribution >= 4 is 11.2 Å². The van der Waals surface area contributed by atoms with E-state index in [9.17, 15) is 4.79 Å². The second-order valence-corrected chi connectivity index (χ2v) is 3.28. The molecule has 0 saturated heterocycles. The van der Waals surface area contributed by atoms with Crippen molar-refractivity contribution in [1.29, 1.82) is 0 Å². The van der Waals surface area contributed by atoms with Crippen molar-refractivity contribution in [1.82, 2.24) is 9.55 Å². The molecular weight excluding hydrogens is 182 g/mol. The molecular formula is C9H11N3O2. The van der Waals surface area contributed by atoms with Gasteiger partial charge in [-0.3, -0.25) is 4.57 Å². The first kappa shape index (κ1) is 8.96. The summed E-state index contributed by atoms with van der Waals surface area (Å²) in [4.78, 5) is 15.4. The molecule has 0 aliphatic carbocycles. The summed E-state index contributed by atoms with van der Waals surface area (Å²) in [5.74, 6) is -0.406. The standard InChI is InChI=1S/C9H11N3O2/c1-6(10)5-12-8-7(14-9(12)13)3-2-4-11-8/h2-4,6H,5,10H2,1H3. The van der Waals surface area contributed by atoms with Crippen LogP contribution in [0.5, 0.6) is 0 Å². The SMILES string of the molecule is CC(N)Cn1c(=O)oc2cccnc21. The molecule has 5 nitrogen and oxygen atoms in total. The van der Waals surface area contributed by atoms with E-state index in [4.69, 9.17) is 10.2 Å². The lowest BCUT2D eigenvalue weighted by atomic mass is 10.3. The van der Waals surface area contributed by atoms with Crippen LogP contribution in [0, 0.1) is 0 Å². The lowest BCUT2D eigenvalue weighted by Gasteiger charge is -2.03. The third-order valence-electron chi connectivity index (χ3n) is 1.89. The Balaban J connectivity index is 2.62. The van der Waals surface area contributed by atoms with E-state index < -0.39 is 5.76 Å². The van der Waals surface area contributed by atoms with E-state index in [1.165, 1.54) is 4.57 Å². The number of hydrogen-bond donors (Lipinski definition) is 1. The Labute approximate surface area is 80.2 Å². The van der Waals surface area contributed by atoms with E-state index in [0.717, 1.165) is 0 Å². The van der Waals surface area contributed by atoms with Gasteiger partial charge in [0, 0.05) is 18.8 Å². The number of hydrogen-bond acceptors (Lipinski definition) is 4. The van der Waals surface area contributed by atoms with E-state index in [1.807, 2.05) is 6.92 Å². The quantitative estimate of drug-likeness (QED) is 0.746. The minimum Gasteiger partial charge on any atom is -0.406 e. The van der Waals surface area contributed by atoms with Gasteiger partial charge in [0.2, 0.25) is 0 Å². The third kappa shape index (κ3) is 1.42. The first-order chi connectivity index (χ1) is 6.68. The molecule has 1 atom stereocenters. The Hall–Kier alpha value is -1.62. The van der Waals surface area contributed by atoms with Gasteiger partial charge in [-0.25, -0.2) is 9.78 Å². The van der Waals surface area contributed by atoms with E-state index in [2.05, 4.69) is 4.98 Å². The van der Waals surface area contributed by atoms with Gasteiger partial charge in [0.05, 0.1) is 0 Å². The smallest absolute Gasteiger partial charge is 0.406 e. The minimum atomic E-state index is -0.406. The molecule has 2 rings (SSSR count). The fourth-order valence-electron chi connectivity index (χ4n) is 1.35. The summed E-state index contributed by atoms with van der Waals surface area (Å²) < 4.78 is 6.43. The van der Waals surface area contributed by atoms with Crippen LogP contribution in [0.2, 0.25) is 0 Å². The first-order valence-electron chi connectivity index (χ1n) is 4.38. The average molecular weight is 193 g/mol. The molecule has 14 heavy (non-hydrogen) atoms.